The number of aliphatic hydroxyl groups is 1. The summed E-state index contributed by atoms with van der Waals surface area (Å²) in [5.41, 5.74) is 0.404. The Balaban J connectivity index is 1.72. The molecule has 2 N–H and O–H groups in total. The van der Waals surface area contributed by atoms with Gasteiger partial charge in [0.15, 0.2) is 0 Å². The molecule has 28 heavy (non-hydrogen) atoms. The van der Waals surface area contributed by atoms with Gasteiger partial charge in [-0.2, -0.15) is 4.98 Å². The van der Waals surface area contributed by atoms with Crippen LogP contribution in [-0.2, 0) is 7.05 Å². The number of anilines is 1. The quantitative estimate of drug-likeness (QED) is 0.654. The van der Waals surface area contributed by atoms with Gasteiger partial charge < -0.3 is 10.4 Å². The van der Waals surface area contributed by atoms with Crippen molar-refractivity contribution in [2.24, 2.45) is 7.05 Å². The Labute approximate surface area is 165 Å². The molecule has 0 amide bonds. The highest BCUT2D eigenvalue weighted by Crippen LogP contribution is 2.32. The third kappa shape index (κ3) is 4.02. The number of rotatable bonds is 4. The van der Waals surface area contributed by atoms with E-state index in [0.29, 0.717) is 16.6 Å². The van der Waals surface area contributed by atoms with Gasteiger partial charge in [0, 0.05) is 24.1 Å². The van der Waals surface area contributed by atoms with E-state index >= 15 is 0 Å². The lowest BCUT2D eigenvalue weighted by Crippen LogP contribution is -2.29. The third-order valence-corrected chi connectivity index (χ3v) is 6.00. The summed E-state index contributed by atoms with van der Waals surface area (Å²) in [4.78, 5) is 22.2. The molecule has 0 unspecified atom stereocenters. The van der Waals surface area contributed by atoms with E-state index in [-0.39, 0.29) is 23.5 Å². The van der Waals surface area contributed by atoms with Gasteiger partial charge in [0.2, 0.25) is 5.95 Å². The van der Waals surface area contributed by atoms with E-state index in [2.05, 4.69) is 15.3 Å². The van der Waals surface area contributed by atoms with Crippen LogP contribution in [0.25, 0.3) is 11.0 Å². The van der Waals surface area contributed by atoms with Crippen LogP contribution in [0.15, 0.2) is 51.1 Å². The number of aromatic nitrogens is 3. The average Bonchev–Trinajstić information content (AvgIpc) is 2.69. The molecule has 0 spiro atoms. The summed E-state index contributed by atoms with van der Waals surface area (Å²) in [5, 5.41) is 14.5. The Kier molecular flexibility index (Phi) is 5.32. The van der Waals surface area contributed by atoms with Crippen LogP contribution in [0, 0.1) is 5.82 Å². The van der Waals surface area contributed by atoms with Crippen LogP contribution in [0.5, 0.6) is 0 Å². The molecule has 0 saturated heterocycles. The van der Waals surface area contributed by atoms with E-state index < -0.39 is 0 Å². The standard InChI is InChI=1S/C20H21FN4O2S/c1-25-17(27)11-10-16-18(25)23-20(22-13-4-6-14(26)7-5-13)24-19(16)28-15-8-2-12(21)3-9-15/h2-3,8-11,13-14,26H,4-7H2,1H3,(H,22,23,24). The van der Waals surface area contributed by atoms with Gasteiger partial charge in [-0.3, -0.25) is 9.36 Å². The van der Waals surface area contributed by atoms with E-state index in [0.717, 1.165) is 36.0 Å². The summed E-state index contributed by atoms with van der Waals surface area (Å²) in [6.45, 7) is 0. The molecular formula is C20H21FN4O2S. The van der Waals surface area contributed by atoms with Crippen molar-refractivity contribution in [3.8, 4) is 0 Å². The highest BCUT2D eigenvalue weighted by Gasteiger charge is 2.21. The maximum Gasteiger partial charge on any atom is 0.251 e. The summed E-state index contributed by atoms with van der Waals surface area (Å²) in [5.74, 6) is 0.167. The molecule has 1 aliphatic rings. The molecule has 0 radical (unpaired) electrons. The fourth-order valence-electron chi connectivity index (χ4n) is 3.37. The van der Waals surface area contributed by atoms with Gasteiger partial charge in [-0.15, -0.1) is 0 Å². The molecule has 1 fully saturated rings. The minimum atomic E-state index is -0.291. The maximum absolute atomic E-state index is 13.2. The lowest BCUT2D eigenvalue weighted by atomic mass is 9.93. The molecule has 2 heterocycles. The highest BCUT2D eigenvalue weighted by atomic mass is 32.2. The molecule has 0 atom stereocenters. The Morgan fingerprint density at radius 3 is 2.54 bits per heavy atom. The molecule has 1 aromatic carbocycles. The Hall–Kier alpha value is -2.45. The zero-order valence-corrected chi connectivity index (χ0v) is 16.2. The van der Waals surface area contributed by atoms with Crippen LogP contribution < -0.4 is 10.9 Å². The van der Waals surface area contributed by atoms with E-state index in [1.807, 2.05) is 0 Å². The average molecular weight is 400 g/mol. The lowest BCUT2D eigenvalue weighted by molar-refractivity contribution is 0.126. The number of hydrogen-bond donors (Lipinski definition) is 2. The van der Waals surface area contributed by atoms with Crippen molar-refractivity contribution >= 4 is 28.7 Å². The van der Waals surface area contributed by atoms with Gasteiger partial charge in [0.05, 0.1) is 11.5 Å². The molecule has 0 aliphatic heterocycles. The minimum Gasteiger partial charge on any atom is -0.393 e. The molecule has 6 nitrogen and oxygen atoms in total. The molecule has 8 heteroatoms. The molecule has 146 valence electrons. The van der Waals surface area contributed by atoms with Crippen molar-refractivity contribution < 1.29 is 9.50 Å². The maximum atomic E-state index is 13.2. The molecular weight excluding hydrogens is 379 g/mol. The van der Waals surface area contributed by atoms with Crippen molar-refractivity contribution in [1.82, 2.24) is 14.5 Å². The Morgan fingerprint density at radius 2 is 1.82 bits per heavy atom. The zero-order chi connectivity index (χ0) is 19.7. The van der Waals surface area contributed by atoms with Crippen LogP contribution in [0.2, 0.25) is 0 Å². The van der Waals surface area contributed by atoms with E-state index in [9.17, 15) is 14.3 Å². The van der Waals surface area contributed by atoms with Crippen LogP contribution in [0.1, 0.15) is 25.7 Å². The number of aryl methyl sites for hydroxylation is 1. The summed E-state index contributed by atoms with van der Waals surface area (Å²) in [6, 6.07) is 9.63. The number of fused-ring (bicyclic) bond motifs is 1. The Bertz CT molecular complexity index is 1050. The van der Waals surface area contributed by atoms with Crippen LogP contribution >= 0.6 is 11.8 Å². The van der Waals surface area contributed by atoms with Gasteiger partial charge in [0.25, 0.3) is 5.56 Å². The van der Waals surface area contributed by atoms with Crippen molar-refractivity contribution in [2.75, 3.05) is 5.32 Å². The zero-order valence-electron chi connectivity index (χ0n) is 15.4. The predicted molar refractivity (Wildman–Crippen MR) is 107 cm³/mol. The van der Waals surface area contributed by atoms with Crippen molar-refractivity contribution in [2.45, 2.75) is 47.8 Å². The number of aliphatic hydroxyl groups excluding tert-OH is 1. The van der Waals surface area contributed by atoms with Crippen molar-refractivity contribution in [3.63, 3.8) is 0 Å². The van der Waals surface area contributed by atoms with Crippen LogP contribution in [-0.4, -0.2) is 31.8 Å². The number of pyridine rings is 1. The number of nitrogens with one attached hydrogen (secondary N) is 1. The van der Waals surface area contributed by atoms with E-state index in [1.54, 1.807) is 25.2 Å². The SMILES string of the molecule is Cn1c(=O)ccc2c(Sc3ccc(F)cc3)nc(NC3CCC(O)CC3)nc21. The number of benzene rings is 1. The monoisotopic (exact) mass is 400 g/mol. The molecule has 1 saturated carbocycles. The summed E-state index contributed by atoms with van der Waals surface area (Å²) in [7, 11) is 1.69. The number of nitrogens with zero attached hydrogens (tertiary/aromatic N) is 3. The smallest absolute Gasteiger partial charge is 0.251 e. The first-order valence-electron chi connectivity index (χ1n) is 9.25. The minimum absolute atomic E-state index is 0.143. The first kappa shape index (κ1) is 18.9. The lowest BCUT2D eigenvalue weighted by Gasteiger charge is -2.26. The molecule has 1 aliphatic carbocycles. The molecule has 4 rings (SSSR count). The number of hydrogen-bond acceptors (Lipinski definition) is 6. The van der Waals surface area contributed by atoms with Gasteiger partial charge in [0.1, 0.15) is 16.5 Å². The normalized spacial score (nSPS) is 19.7. The Morgan fingerprint density at radius 1 is 1.11 bits per heavy atom. The molecule has 2 aromatic heterocycles. The van der Waals surface area contributed by atoms with Gasteiger partial charge in [-0.1, -0.05) is 11.8 Å². The highest BCUT2D eigenvalue weighted by molar-refractivity contribution is 7.99. The summed E-state index contributed by atoms with van der Waals surface area (Å²) >= 11 is 1.40. The van der Waals surface area contributed by atoms with Crippen LogP contribution in [0.3, 0.4) is 0 Å². The fourth-order valence-corrected chi connectivity index (χ4v) is 4.27. The predicted octanol–water partition coefficient (Wildman–Crippen LogP) is 3.33. The topological polar surface area (TPSA) is 80.0 Å². The van der Waals surface area contributed by atoms with Crippen molar-refractivity contribution in [3.05, 3.63) is 52.6 Å². The second-order valence-electron chi connectivity index (χ2n) is 7.03. The van der Waals surface area contributed by atoms with Crippen molar-refractivity contribution in [1.29, 1.82) is 0 Å². The summed E-state index contributed by atoms with van der Waals surface area (Å²) in [6.07, 6.45) is 2.95. The van der Waals surface area contributed by atoms with E-state index in [4.69, 9.17) is 0 Å². The van der Waals surface area contributed by atoms with Gasteiger partial charge >= 0.3 is 0 Å². The van der Waals surface area contributed by atoms with Gasteiger partial charge in [-0.05, 0) is 56.0 Å². The van der Waals surface area contributed by atoms with Gasteiger partial charge in [-0.25, -0.2) is 9.37 Å². The van der Waals surface area contributed by atoms with E-state index in [1.165, 1.54) is 34.5 Å². The number of halogens is 1. The first-order chi connectivity index (χ1) is 13.5. The summed E-state index contributed by atoms with van der Waals surface area (Å²) < 4.78 is 14.7. The largest absolute Gasteiger partial charge is 0.393 e. The molecule has 3 aromatic rings. The first-order valence-corrected chi connectivity index (χ1v) is 10.1. The second kappa shape index (κ2) is 7.89. The van der Waals surface area contributed by atoms with Crippen LogP contribution in [0.4, 0.5) is 10.3 Å². The molecule has 0 bridgehead atoms. The fraction of sp³-hybridized carbons (Fsp3) is 0.350. The third-order valence-electron chi connectivity index (χ3n) is 4.99. The second-order valence-corrected chi connectivity index (χ2v) is 8.09.